The molecular weight excluding hydrogens is 410 g/mol. The number of rotatable bonds is 9. The number of benzene rings is 1. The Morgan fingerprint density at radius 3 is 2.79 bits per heavy atom. The van der Waals surface area contributed by atoms with Gasteiger partial charge in [-0.05, 0) is 43.2 Å². The monoisotopic (exact) mass is 431 g/mol. The summed E-state index contributed by atoms with van der Waals surface area (Å²) in [7, 11) is 1.67. The Hall–Kier alpha value is -2.42. The number of thioether (sulfide) groups is 1. The SMILES string of the molecule is COCCCn1c(SCC(=O)Nc2cc(Cl)ccc2C)nnc1-c1ccncc1. The predicted molar refractivity (Wildman–Crippen MR) is 115 cm³/mol. The zero-order valence-corrected chi connectivity index (χ0v) is 17.8. The molecule has 0 spiro atoms. The minimum Gasteiger partial charge on any atom is -0.385 e. The molecule has 0 atom stereocenters. The van der Waals surface area contributed by atoms with Gasteiger partial charge in [0.25, 0.3) is 0 Å². The van der Waals surface area contributed by atoms with Gasteiger partial charge < -0.3 is 14.6 Å². The van der Waals surface area contributed by atoms with E-state index in [0.29, 0.717) is 29.0 Å². The fourth-order valence-electron chi connectivity index (χ4n) is 2.72. The number of pyridine rings is 1. The predicted octanol–water partition coefficient (Wildman–Crippen LogP) is 4.07. The minimum atomic E-state index is -0.128. The second-order valence-electron chi connectivity index (χ2n) is 6.34. The second kappa shape index (κ2) is 10.4. The summed E-state index contributed by atoms with van der Waals surface area (Å²) < 4.78 is 7.18. The quantitative estimate of drug-likeness (QED) is 0.406. The van der Waals surface area contributed by atoms with Crippen molar-refractivity contribution in [2.45, 2.75) is 25.0 Å². The highest BCUT2D eigenvalue weighted by Crippen LogP contribution is 2.25. The minimum absolute atomic E-state index is 0.128. The molecule has 0 unspecified atom stereocenters. The van der Waals surface area contributed by atoms with Gasteiger partial charge in [-0.3, -0.25) is 9.78 Å². The summed E-state index contributed by atoms with van der Waals surface area (Å²) in [6.45, 7) is 3.25. The lowest BCUT2D eigenvalue weighted by molar-refractivity contribution is -0.113. The molecule has 0 fully saturated rings. The Labute approximate surface area is 178 Å². The highest BCUT2D eigenvalue weighted by atomic mass is 35.5. The number of amides is 1. The van der Waals surface area contributed by atoms with E-state index in [1.807, 2.05) is 29.7 Å². The number of hydrogen-bond acceptors (Lipinski definition) is 6. The van der Waals surface area contributed by atoms with Crippen LogP contribution >= 0.6 is 23.4 Å². The molecule has 1 aromatic carbocycles. The van der Waals surface area contributed by atoms with E-state index in [0.717, 1.165) is 23.4 Å². The van der Waals surface area contributed by atoms with Gasteiger partial charge in [-0.2, -0.15) is 0 Å². The van der Waals surface area contributed by atoms with E-state index in [-0.39, 0.29) is 11.7 Å². The van der Waals surface area contributed by atoms with Crippen LogP contribution in [0.5, 0.6) is 0 Å². The van der Waals surface area contributed by atoms with Crippen LogP contribution in [0.25, 0.3) is 11.4 Å². The Balaban J connectivity index is 1.71. The highest BCUT2D eigenvalue weighted by Gasteiger charge is 2.16. The number of aromatic nitrogens is 4. The van der Waals surface area contributed by atoms with Crippen molar-refractivity contribution in [3.05, 3.63) is 53.3 Å². The molecule has 0 aliphatic rings. The average molecular weight is 432 g/mol. The maximum atomic E-state index is 12.4. The van der Waals surface area contributed by atoms with Crippen LogP contribution in [0.1, 0.15) is 12.0 Å². The van der Waals surface area contributed by atoms with E-state index in [4.69, 9.17) is 16.3 Å². The van der Waals surface area contributed by atoms with Crippen LogP contribution in [0.2, 0.25) is 5.02 Å². The van der Waals surface area contributed by atoms with Gasteiger partial charge in [-0.1, -0.05) is 29.4 Å². The fourth-order valence-corrected chi connectivity index (χ4v) is 3.66. The lowest BCUT2D eigenvalue weighted by Gasteiger charge is -2.11. The van der Waals surface area contributed by atoms with E-state index >= 15 is 0 Å². The highest BCUT2D eigenvalue weighted by molar-refractivity contribution is 7.99. The van der Waals surface area contributed by atoms with E-state index in [1.165, 1.54) is 11.8 Å². The largest absolute Gasteiger partial charge is 0.385 e. The van der Waals surface area contributed by atoms with Crippen molar-refractivity contribution in [1.29, 1.82) is 0 Å². The third-order valence-corrected chi connectivity index (χ3v) is 5.39. The summed E-state index contributed by atoms with van der Waals surface area (Å²) in [6.07, 6.45) is 4.25. The van der Waals surface area contributed by atoms with Gasteiger partial charge >= 0.3 is 0 Å². The molecule has 0 bridgehead atoms. The summed E-state index contributed by atoms with van der Waals surface area (Å²) in [5, 5.41) is 12.8. The molecule has 29 heavy (non-hydrogen) atoms. The van der Waals surface area contributed by atoms with Crippen LogP contribution in [0.4, 0.5) is 5.69 Å². The number of ether oxygens (including phenoxy) is 1. The topological polar surface area (TPSA) is 81.9 Å². The molecule has 9 heteroatoms. The van der Waals surface area contributed by atoms with Crippen LogP contribution in [-0.4, -0.2) is 45.1 Å². The maximum Gasteiger partial charge on any atom is 0.234 e. The summed E-state index contributed by atoms with van der Waals surface area (Å²) in [6, 6.07) is 9.19. The number of halogens is 1. The number of aryl methyl sites for hydroxylation is 1. The lowest BCUT2D eigenvalue weighted by atomic mass is 10.2. The molecule has 1 N–H and O–H groups in total. The smallest absolute Gasteiger partial charge is 0.234 e. The molecule has 0 aliphatic carbocycles. The number of nitrogens with zero attached hydrogens (tertiary/aromatic N) is 4. The first kappa shape index (κ1) is 21.3. The second-order valence-corrected chi connectivity index (χ2v) is 7.72. The molecule has 0 aliphatic heterocycles. The van der Waals surface area contributed by atoms with Gasteiger partial charge in [0, 0.05) is 48.9 Å². The number of nitrogens with one attached hydrogen (secondary N) is 1. The molecule has 0 saturated carbocycles. The molecule has 2 aromatic heterocycles. The van der Waals surface area contributed by atoms with Crippen molar-refractivity contribution in [2.75, 3.05) is 24.8 Å². The third kappa shape index (κ3) is 5.79. The fraction of sp³-hybridized carbons (Fsp3) is 0.300. The third-order valence-electron chi connectivity index (χ3n) is 4.19. The zero-order chi connectivity index (χ0) is 20.6. The molecule has 0 saturated heterocycles. The Bertz CT molecular complexity index is 965. The number of carbonyl (C=O) groups excluding carboxylic acids is 1. The summed E-state index contributed by atoms with van der Waals surface area (Å²) in [5.74, 6) is 0.833. The molecular formula is C20H22ClN5O2S. The van der Waals surface area contributed by atoms with Crippen LogP contribution in [0.15, 0.2) is 47.9 Å². The number of anilines is 1. The normalized spacial score (nSPS) is 10.9. The molecule has 7 nitrogen and oxygen atoms in total. The van der Waals surface area contributed by atoms with Gasteiger partial charge in [-0.25, -0.2) is 0 Å². The van der Waals surface area contributed by atoms with Crippen molar-refractivity contribution >= 4 is 35.0 Å². The lowest BCUT2D eigenvalue weighted by Crippen LogP contribution is -2.15. The Morgan fingerprint density at radius 1 is 1.24 bits per heavy atom. The summed E-state index contributed by atoms with van der Waals surface area (Å²) in [5.41, 5.74) is 2.59. The van der Waals surface area contributed by atoms with Crippen molar-refractivity contribution in [1.82, 2.24) is 19.7 Å². The molecule has 3 rings (SSSR count). The maximum absolute atomic E-state index is 12.4. The van der Waals surface area contributed by atoms with Gasteiger partial charge in [-0.15, -0.1) is 10.2 Å². The Morgan fingerprint density at radius 2 is 2.03 bits per heavy atom. The first-order valence-corrected chi connectivity index (χ1v) is 10.5. The van der Waals surface area contributed by atoms with Crippen molar-refractivity contribution in [2.24, 2.45) is 0 Å². The van der Waals surface area contributed by atoms with Crippen molar-refractivity contribution in [3.8, 4) is 11.4 Å². The molecule has 0 radical (unpaired) electrons. The van der Waals surface area contributed by atoms with Gasteiger partial charge in [0.2, 0.25) is 5.91 Å². The van der Waals surface area contributed by atoms with Gasteiger partial charge in [0.05, 0.1) is 5.75 Å². The zero-order valence-electron chi connectivity index (χ0n) is 16.3. The van der Waals surface area contributed by atoms with Crippen LogP contribution in [0, 0.1) is 6.92 Å². The van der Waals surface area contributed by atoms with Crippen molar-refractivity contribution < 1.29 is 9.53 Å². The number of carbonyl (C=O) groups is 1. The summed E-state index contributed by atoms with van der Waals surface area (Å²) >= 11 is 7.37. The van der Waals surface area contributed by atoms with E-state index in [1.54, 1.807) is 31.6 Å². The standard InChI is InChI=1S/C20H22ClN5O2S/c1-14-4-5-16(21)12-17(14)23-18(27)13-29-20-25-24-19(15-6-8-22-9-7-15)26(20)10-3-11-28-2/h4-9,12H,3,10-11,13H2,1-2H3,(H,23,27). The molecule has 152 valence electrons. The van der Waals surface area contributed by atoms with E-state index < -0.39 is 0 Å². The summed E-state index contributed by atoms with van der Waals surface area (Å²) in [4.78, 5) is 16.5. The number of methoxy groups -OCH3 is 1. The molecule has 1 amide bonds. The van der Waals surface area contributed by atoms with Gasteiger partial charge in [0.1, 0.15) is 0 Å². The van der Waals surface area contributed by atoms with Gasteiger partial charge in [0.15, 0.2) is 11.0 Å². The average Bonchev–Trinajstić information content (AvgIpc) is 3.13. The van der Waals surface area contributed by atoms with E-state index in [9.17, 15) is 4.79 Å². The first-order valence-electron chi connectivity index (χ1n) is 9.10. The Kier molecular flexibility index (Phi) is 7.62. The van der Waals surface area contributed by atoms with E-state index in [2.05, 4.69) is 20.5 Å². The first-order chi connectivity index (χ1) is 14.1. The van der Waals surface area contributed by atoms with Crippen LogP contribution in [-0.2, 0) is 16.1 Å². The number of hydrogen-bond donors (Lipinski definition) is 1. The van der Waals surface area contributed by atoms with Crippen LogP contribution in [0.3, 0.4) is 0 Å². The molecule has 2 heterocycles. The van der Waals surface area contributed by atoms with Crippen molar-refractivity contribution in [3.63, 3.8) is 0 Å². The van der Waals surface area contributed by atoms with Crippen LogP contribution < -0.4 is 5.32 Å². The molecule has 3 aromatic rings.